The van der Waals surface area contributed by atoms with Crippen LogP contribution >= 0.6 is 0 Å². The Hall–Kier alpha value is -2.87. The number of fused-ring (bicyclic) bond motifs is 1. The third kappa shape index (κ3) is 3.99. The smallest absolute Gasteiger partial charge is 0.249 e. The first-order valence-electron chi connectivity index (χ1n) is 11.4. The highest BCUT2D eigenvalue weighted by Gasteiger charge is 2.37. The standard InChI is InChI=1S/C24H28FN5O2/c1-15-9-18(13-29-23(15)27-14-28-29)10-17-3-5-19(6-4-17)24(31)30-22(7-8-32-30)20-11-21(25)16(2)26-12-20/h9,11-14,17,19,22H,3-8,10H2,1-2H3/t17?,19?,22-/m0/s1. The van der Waals surface area contributed by atoms with E-state index in [1.165, 1.54) is 16.7 Å². The zero-order valence-electron chi connectivity index (χ0n) is 18.5. The average Bonchev–Trinajstić information content (AvgIpc) is 3.46. The number of nitrogens with zero attached hydrogens (tertiary/aromatic N) is 5. The van der Waals surface area contributed by atoms with Crippen molar-refractivity contribution < 1.29 is 14.0 Å². The van der Waals surface area contributed by atoms with E-state index >= 15 is 0 Å². The van der Waals surface area contributed by atoms with Gasteiger partial charge in [0.2, 0.25) is 5.91 Å². The normalized spacial score (nSPS) is 23.7. The molecule has 7 nitrogen and oxygen atoms in total. The first kappa shape index (κ1) is 21.0. The van der Waals surface area contributed by atoms with Crippen LogP contribution < -0.4 is 0 Å². The van der Waals surface area contributed by atoms with E-state index in [0.717, 1.165) is 43.3 Å². The molecular weight excluding hydrogens is 409 g/mol. The summed E-state index contributed by atoms with van der Waals surface area (Å²) in [5, 5.41) is 5.75. The molecule has 0 aromatic carbocycles. The summed E-state index contributed by atoms with van der Waals surface area (Å²) in [4.78, 5) is 27.3. The van der Waals surface area contributed by atoms with Crippen molar-refractivity contribution in [1.29, 1.82) is 0 Å². The molecule has 0 bridgehead atoms. The Morgan fingerprint density at radius 1 is 1.16 bits per heavy atom. The Labute approximate surface area is 186 Å². The van der Waals surface area contributed by atoms with Gasteiger partial charge in [0.1, 0.15) is 12.1 Å². The van der Waals surface area contributed by atoms with Gasteiger partial charge in [-0.3, -0.25) is 14.6 Å². The highest BCUT2D eigenvalue weighted by Crippen LogP contribution is 2.37. The second kappa shape index (κ2) is 8.58. The Balaban J connectivity index is 1.21. The number of rotatable bonds is 4. The topological polar surface area (TPSA) is 72.6 Å². The number of amides is 1. The second-order valence-electron chi connectivity index (χ2n) is 9.12. The van der Waals surface area contributed by atoms with Gasteiger partial charge < -0.3 is 0 Å². The Morgan fingerprint density at radius 2 is 1.97 bits per heavy atom. The maximum absolute atomic E-state index is 14.0. The fourth-order valence-corrected chi connectivity index (χ4v) is 5.09. The fraction of sp³-hybridized carbons (Fsp3) is 0.500. The second-order valence-corrected chi connectivity index (χ2v) is 9.12. The summed E-state index contributed by atoms with van der Waals surface area (Å²) >= 11 is 0. The largest absolute Gasteiger partial charge is 0.272 e. The number of halogens is 1. The molecule has 0 N–H and O–H groups in total. The minimum atomic E-state index is -0.346. The summed E-state index contributed by atoms with van der Waals surface area (Å²) in [5.41, 5.74) is 4.34. The summed E-state index contributed by atoms with van der Waals surface area (Å²) < 4.78 is 15.9. The zero-order valence-corrected chi connectivity index (χ0v) is 18.5. The van der Waals surface area contributed by atoms with Crippen molar-refractivity contribution in [3.63, 3.8) is 0 Å². The van der Waals surface area contributed by atoms with E-state index < -0.39 is 0 Å². The number of pyridine rings is 2. The first-order valence-corrected chi connectivity index (χ1v) is 11.4. The molecule has 2 aliphatic rings. The van der Waals surface area contributed by atoms with Crippen molar-refractivity contribution in [2.24, 2.45) is 11.8 Å². The molecule has 0 radical (unpaired) electrons. The number of aromatic nitrogens is 4. The van der Waals surface area contributed by atoms with Crippen LogP contribution in [0.15, 0.2) is 30.9 Å². The lowest BCUT2D eigenvalue weighted by Gasteiger charge is -2.32. The van der Waals surface area contributed by atoms with Crippen molar-refractivity contribution in [3.8, 4) is 0 Å². The molecule has 168 valence electrons. The van der Waals surface area contributed by atoms with Crippen LogP contribution in [0.5, 0.6) is 0 Å². The Kier molecular flexibility index (Phi) is 5.63. The number of hydrogen-bond acceptors (Lipinski definition) is 5. The van der Waals surface area contributed by atoms with Crippen LogP contribution in [0.3, 0.4) is 0 Å². The molecule has 5 rings (SSSR count). The van der Waals surface area contributed by atoms with Gasteiger partial charge >= 0.3 is 0 Å². The lowest BCUT2D eigenvalue weighted by Crippen LogP contribution is -2.36. The summed E-state index contributed by atoms with van der Waals surface area (Å²) in [5.74, 6) is 0.174. The van der Waals surface area contributed by atoms with Gasteiger partial charge in [-0.25, -0.2) is 19.0 Å². The lowest BCUT2D eigenvalue weighted by molar-refractivity contribution is -0.183. The number of carbonyl (C=O) groups excluding carboxylic acids is 1. The van der Waals surface area contributed by atoms with E-state index in [1.807, 2.05) is 4.52 Å². The third-order valence-electron chi connectivity index (χ3n) is 6.89. The van der Waals surface area contributed by atoms with Gasteiger partial charge in [0, 0.05) is 24.7 Å². The summed E-state index contributed by atoms with van der Waals surface area (Å²) in [7, 11) is 0. The minimum absolute atomic E-state index is 0.0202. The Morgan fingerprint density at radius 3 is 2.75 bits per heavy atom. The molecule has 1 amide bonds. The van der Waals surface area contributed by atoms with Crippen LogP contribution in [-0.2, 0) is 16.1 Å². The molecule has 32 heavy (non-hydrogen) atoms. The zero-order chi connectivity index (χ0) is 22.2. The highest BCUT2D eigenvalue weighted by molar-refractivity contribution is 5.78. The van der Waals surface area contributed by atoms with Crippen LogP contribution in [0.1, 0.15) is 60.5 Å². The predicted molar refractivity (Wildman–Crippen MR) is 116 cm³/mol. The lowest BCUT2D eigenvalue weighted by atomic mass is 9.79. The quantitative estimate of drug-likeness (QED) is 0.614. The molecule has 3 aromatic rings. The molecule has 3 aromatic heterocycles. The number of hydroxylamine groups is 2. The van der Waals surface area contributed by atoms with E-state index in [0.29, 0.717) is 30.2 Å². The van der Waals surface area contributed by atoms with E-state index in [1.54, 1.807) is 19.4 Å². The summed E-state index contributed by atoms with van der Waals surface area (Å²) in [6.45, 7) is 4.16. The van der Waals surface area contributed by atoms with E-state index in [-0.39, 0.29) is 23.7 Å². The molecule has 8 heteroatoms. The molecule has 1 saturated heterocycles. The molecular formula is C24H28FN5O2. The number of carbonyl (C=O) groups is 1. The van der Waals surface area contributed by atoms with Crippen molar-refractivity contribution >= 4 is 11.6 Å². The van der Waals surface area contributed by atoms with Gasteiger partial charge in [0.05, 0.1) is 18.3 Å². The molecule has 0 unspecified atom stereocenters. The van der Waals surface area contributed by atoms with Crippen molar-refractivity contribution in [2.75, 3.05) is 6.61 Å². The van der Waals surface area contributed by atoms with Crippen molar-refractivity contribution in [3.05, 3.63) is 59.1 Å². The molecule has 4 heterocycles. The SMILES string of the molecule is Cc1ncc([C@@H]2CCON2C(=O)C2CCC(Cc3cc(C)c4ncnn4c3)CC2)cc1F. The molecule has 0 spiro atoms. The molecule has 2 fully saturated rings. The summed E-state index contributed by atoms with van der Waals surface area (Å²) in [6.07, 6.45) is 10.6. The van der Waals surface area contributed by atoms with Gasteiger partial charge in [-0.1, -0.05) is 6.07 Å². The molecule has 1 saturated carbocycles. The highest BCUT2D eigenvalue weighted by atomic mass is 19.1. The van der Waals surface area contributed by atoms with Gasteiger partial charge in [-0.15, -0.1) is 0 Å². The maximum atomic E-state index is 14.0. The molecule has 1 aliphatic carbocycles. The monoisotopic (exact) mass is 437 g/mol. The van der Waals surface area contributed by atoms with Crippen LogP contribution in [0.25, 0.3) is 5.65 Å². The average molecular weight is 438 g/mol. The van der Waals surface area contributed by atoms with Crippen LogP contribution in [0.2, 0.25) is 0 Å². The predicted octanol–water partition coefficient (Wildman–Crippen LogP) is 4.13. The van der Waals surface area contributed by atoms with Crippen LogP contribution in [-0.4, -0.2) is 37.2 Å². The van der Waals surface area contributed by atoms with Crippen molar-refractivity contribution in [1.82, 2.24) is 24.6 Å². The van der Waals surface area contributed by atoms with Crippen LogP contribution in [0.4, 0.5) is 4.39 Å². The Bertz CT molecular complexity index is 1140. The van der Waals surface area contributed by atoms with Gasteiger partial charge in [0.15, 0.2) is 5.65 Å². The van der Waals surface area contributed by atoms with Gasteiger partial charge in [-0.2, -0.15) is 5.10 Å². The third-order valence-corrected chi connectivity index (χ3v) is 6.89. The fourth-order valence-electron chi connectivity index (χ4n) is 5.09. The molecule has 1 atom stereocenters. The summed E-state index contributed by atoms with van der Waals surface area (Å²) in [6, 6.07) is 3.41. The number of hydrogen-bond donors (Lipinski definition) is 0. The number of aryl methyl sites for hydroxylation is 2. The van der Waals surface area contributed by atoms with Gasteiger partial charge in [0.25, 0.3) is 0 Å². The van der Waals surface area contributed by atoms with E-state index in [4.69, 9.17) is 4.84 Å². The van der Waals surface area contributed by atoms with Crippen LogP contribution in [0, 0.1) is 31.5 Å². The first-order chi connectivity index (χ1) is 15.5. The minimum Gasteiger partial charge on any atom is -0.272 e. The van der Waals surface area contributed by atoms with E-state index in [9.17, 15) is 9.18 Å². The van der Waals surface area contributed by atoms with Crippen molar-refractivity contribution in [2.45, 2.75) is 58.4 Å². The van der Waals surface area contributed by atoms with E-state index in [2.05, 4.69) is 34.3 Å². The van der Waals surface area contributed by atoms with Gasteiger partial charge in [-0.05, 0) is 74.6 Å². The molecule has 1 aliphatic heterocycles. The maximum Gasteiger partial charge on any atom is 0.249 e.